The molecule has 0 N–H and O–H groups in total. The van der Waals surface area contributed by atoms with Gasteiger partial charge in [0.15, 0.2) is 11.4 Å². The van der Waals surface area contributed by atoms with E-state index in [4.69, 9.17) is 4.42 Å². The molecule has 2 aromatic rings. The number of carbonyl (C=O) groups excluding carboxylic acids is 1. The van der Waals surface area contributed by atoms with Gasteiger partial charge in [-0.3, -0.25) is 0 Å². The van der Waals surface area contributed by atoms with Gasteiger partial charge in [-0.1, -0.05) is 6.07 Å². The van der Waals surface area contributed by atoms with Crippen molar-refractivity contribution >= 4 is 16.9 Å². The third-order valence-corrected chi connectivity index (χ3v) is 2.24. The fourth-order valence-electron chi connectivity index (χ4n) is 1.43. The number of fused-ring (bicyclic) bond motifs is 1. The minimum absolute atomic E-state index is 0.0145. The Hall–Kier alpha value is -1.84. The molecule has 2 rings (SSSR count). The Bertz CT molecular complexity index is 489. The van der Waals surface area contributed by atoms with Crippen molar-refractivity contribution in [3.8, 4) is 0 Å². The summed E-state index contributed by atoms with van der Waals surface area (Å²) in [5.74, 6) is -1.07. The monoisotopic (exact) mass is 208 g/mol. The smallest absolute Gasteiger partial charge is 0.373 e. The van der Waals surface area contributed by atoms with Crippen molar-refractivity contribution in [2.45, 2.75) is 6.92 Å². The van der Waals surface area contributed by atoms with E-state index >= 15 is 0 Å². The number of halogens is 1. The minimum Gasteiger partial charge on any atom is -0.463 e. The zero-order chi connectivity index (χ0) is 11.0. The summed E-state index contributed by atoms with van der Waals surface area (Å²) in [5, 5.41) is 0.593. The van der Waals surface area contributed by atoms with E-state index in [1.807, 2.05) is 6.92 Å². The highest BCUT2D eigenvalue weighted by Crippen LogP contribution is 2.25. The van der Waals surface area contributed by atoms with Crippen LogP contribution in [0, 0.1) is 12.7 Å². The molecule has 0 saturated carbocycles. The van der Waals surface area contributed by atoms with Crippen LogP contribution in [0.2, 0.25) is 0 Å². The molecule has 0 bridgehead atoms. The number of furan rings is 1. The molecule has 0 spiro atoms. The normalized spacial score (nSPS) is 10.6. The Kier molecular flexibility index (Phi) is 2.19. The van der Waals surface area contributed by atoms with E-state index < -0.39 is 11.8 Å². The average Bonchev–Trinajstić information content (AvgIpc) is 2.68. The highest BCUT2D eigenvalue weighted by atomic mass is 19.1. The van der Waals surface area contributed by atoms with Gasteiger partial charge >= 0.3 is 5.97 Å². The second kappa shape index (κ2) is 3.38. The molecule has 3 nitrogen and oxygen atoms in total. The van der Waals surface area contributed by atoms with E-state index in [1.54, 1.807) is 6.07 Å². The molecule has 1 aromatic heterocycles. The summed E-state index contributed by atoms with van der Waals surface area (Å²) in [4.78, 5) is 11.2. The molecule has 78 valence electrons. The standard InChI is InChI=1S/C11H9FO3/c1-6-3-4-8(12)10-7(6)5-9(15-10)11(13)14-2/h3-5H,1-2H3. The van der Waals surface area contributed by atoms with E-state index in [0.717, 1.165) is 5.56 Å². The first-order valence-corrected chi connectivity index (χ1v) is 4.40. The molecule has 0 amide bonds. The van der Waals surface area contributed by atoms with E-state index in [1.165, 1.54) is 19.2 Å². The molecule has 1 aromatic carbocycles. The predicted molar refractivity (Wildman–Crippen MR) is 52.2 cm³/mol. The van der Waals surface area contributed by atoms with E-state index in [9.17, 15) is 9.18 Å². The molecule has 0 atom stereocenters. The van der Waals surface area contributed by atoms with Gasteiger partial charge < -0.3 is 9.15 Å². The molecule has 0 unspecified atom stereocenters. The van der Waals surface area contributed by atoms with Gasteiger partial charge in [0.25, 0.3) is 0 Å². The summed E-state index contributed by atoms with van der Waals surface area (Å²) in [7, 11) is 1.25. The predicted octanol–water partition coefficient (Wildman–Crippen LogP) is 2.67. The van der Waals surface area contributed by atoms with Crippen molar-refractivity contribution in [2.24, 2.45) is 0 Å². The zero-order valence-corrected chi connectivity index (χ0v) is 8.33. The maximum absolute atomic E-state index is 13.3. The van der Waals surface area contributed by atoms with E-state index in [0.29, 0.717) is 5.39 Å². The Morgan fingerprint density at radius 1 is 1.47 bits per heavy atom. The molecule has 4 heteroatoms. The molecule has 0 saturated heterocycles. The Morgan fingerprint density at radius 2 is 2.20 bits per heavy atom. The first-order valence-electron chi connectivity index (χ1n) is 4.40. The lowest BCUT2D eigenvalue weighted by atomic mass is 10.1. The van der Waals surface area contributed by atoms with Gasteiger partial charge in [0, 0.05) is 5.39 Å². The quantitative estimate of drug-likeness (QED) is 0.676. The van der Waals surface area contributed by atoms with Crippen molar-refractivity contribution in [3.63, 3.8) is 0 Å². The molecule has 1 heterocycles. The second-order valence-corrected chi connectivity index (χ2v) is 3.21. The van der Waals surface area contributed by atoms with E-state index in [-0.39, 0.29) is 11.3 Å². The summed E-state index contributed by atoms with van der Waals surface area (Å²) >= 11 is 0. The molecule has 0 aliphatic heterocycles. The summed E-state index contributed by atoms with van der Waals surface area (Å²) in [5.41, 5.74) is 0.945. The van der Waals surface area contributed by atoms with Crippen molar-refractivity contribution in [1.82, 2.24) is 0 Å². The van der Waals surface area contributed by atoms with Gasteiger partial charge in [-0.25, -0.2) is 9.18 Å². The highest BCUT2D eigenvalue weighted by molar-refractivity contribution is 5.93. The summed E-state index contributed by atoms with van der Waals surface area (Å²) in [6, 6.07) is 4.43. The van der Waals surface area contributed by atoms with Gasteiger partial charge in [-0.2, -0.15) is 0 Å². The second-order valence-electron chi connectivity index (χ2n) is 3.21. The third-order valence-electron chi connectivity index (χ3n) is 2.24. The molecule has 0 radical (unpaired) electrons. The SMILES string of the molecule is COC(=O)c1cc2c(C)ccc(F)c2o1. The van der Waals surface area contributed by atoms with Crippen LogP contribution in [0.1, 0.15) is 16.1 Å². The van der Waals surface area contributed by atoms with Crippen molar-refractivity contribution in [2.75, 3.05) is 7.11 Å². The molecule has 0 aliphatic rings. The van der Waals surface area contributed by atoms with Crippen LogP contribution in [-0.2, 0) is 4.74 Å². The van der Waals surface area contributed by atoms with Gasteiger partial charge in [-0.05, 0) is 24.6 Å². The molecule has 0 aliphatic carbocycles. The van der Waals surface area contributed by atoms with Crippen LogP contribution in [0.15, 0.2) is 22.6 Å². The highest BCUT2D eigenvalue weighted by Gasteiger charge is 2.15. The summed E-state index contributed by atoms with van der Waals surface area (Å²) in [6.07, 6.45) is 0. The number of carbonyl (C=O) groups is 1. The number of ether oxygens (including phenoxy) is 1. The Labute approximate surface area is 85.4 Å². The third kappa shape index (κ3) is 1.48. The lowest BCUT2D eigenvalue weighted by Gasteiger charge is -1.94. The van der Waals surface area contributed by atoms with Crippen LogP contribution in [-0.4, -0.2) is 13.1 Å². The Morgan fingerprint density at radius 3 is 2.80 bits per heavy atom. The minimum atomic E-state index is -0.606. The van der Waals surface area contributed by atoms with Crippen LogP contribution >= 0.6 is 0 Å². The van der Waals surface area contributed by atoms with Crippen molar-refractivity contribution < 1.29 is 18.3 Å². The summed E-state index contributed by atoms with van der Waals surface area (Å²) < 4.78 is 22.9. The van der Waals surface area contributed by atoms with Crippen LogP contribution in [0.25, 0.3) is 11.0 Å². The number of rotatable bonds is 1. The topological polar surface area (TPSA) is 39.4 Å². The number of hydrogen-bond acceptors (Lipinski definition) is 3. The fraction of sp³-hybridized carbons (Fsp3) is 0.182. The van der Waals surface area contributed by atoms with Crippen molar-refractivity contribution in [1.29, 1.82) is 0 Å². The Balaban J connectivity index is 2.70. The maximum Gasteiger partial charge on any atom is 0.373 e. The number of methoxy groups -OCH3 is 1. The lowest BCUT2D eigenvalue weighted by molar-refractivity contribution is 0.0567. The first-order chi connectivity index (χ1) is 7.13. The fourth-order valence-corrected chi connectivity index (χ4v) is 1.43. The van der Waals surface area contributed by atoms with Crippen molar-refractivity contribution in [3.05, 3.63) is 35.3 Å². The molecule has 15 heavy (non-hydrogen) atoms. The number of hydrogen-bond donors (Lipinski definition) is 0. The first kappa shape index (κ1) is 9.71. The molecular formula is C11H9FO3. The summed E-state index contributed by atoms with van der Waals surface area (Å²) in [6.45, 7) is 1.82. The average molecular weight is 208 g/mol. The van der Waals surface area contributed by atoms with Crippen LogP contribution in [0.5, 0.6) is 0 Å². The number of esters is 1. The van der Waals surface area contributed by atoms with Gasteiger partial charge in [0.2, 0.25) is 5.76 Å². The van der Waals surface area contributed by atoms with Gasteiger partial charge in [0.05, 0.1) is 7.11 Å². The van der Waals surface area contributed by atoms with E-state index in [2.05, 4.69) is 4.74 Å². The largest absolute Gasteiger partial charge is 0.463 e. The zero-order valence-electron chi connectivity index (χ0n) is 8.33. The lowest BCUT2D eigenvalue weighted by Crippen LogP contribution is -1.97. The van der Waals surface area contributed by atoms with Crippen LogP contribution in [0.3, 0.4) is 0 Å². The molecule has 0 fully saturated rings. The van der Waals surface area contributed by atoms with Crippen LogP contribution < -0.4 is 0 Å². The maximum atomic E-state index is 13.3. The van der Waals surface area contributed by atoms with Gasteiger partial charge in [0.1, 0.15) is 0 Å². The molecular weight excluding hydrogens is 199 g/mol. The number of aryl methyl sites for hydroxylation is 1. The number of benzene rings is 1. The van der Waals surface area contributed by atoms with Crippen LogP contribution in [0.4, 0.5) is 4.39 Å². The van der Waals surface area contributed by atoms with Gasteiger partial charge in [-0.15, -0.1) is 0 Å².